The van der Waals surface area contributed by atoms with Gasteiger partial charge in [-0.3, -0.25) is 9.36 Å². The van der Waals surface area contributed by atoms with Crippen LogP contribution in [0.3, 0.4) is 0 Å². The standard InChI is InChI=1S/C21H25N5O2S2/c1-25(2)11-13-30-21-24-23-19(26(21)16-6-4-7-17(14-16)28-3)15-22-20(27)10-9-18-8-5-12-29-18/h4-10,12,14H,11,13,15H2,1-3H3,(H,22,27). The Bertz CT molecular complexity index is 983. The van der Waals surface area contributed by atoms with Crippen molar-refractivity contribution in [3.63, 3.8) is 0 Å². The largest absolute Gasteiger partial charge is 0.497 e. The highest BCUT2D eigenvalue weighted by Crippen LogP contribution is 2.24. The lowest BCUT2D eigenvalue weighted by Crippen LogP contribution is -2.22. The van der Waals surface area contributed by atoms with Crippen LogP contribution in [0.25, 0.3) is 11.8 Å². The van der Waals surface area contributed by atoms with Gasteiger partial charge in [-0.2, -0.15) is 0 Å². The van der Waals surface area contributed by atoms with Crippen LogP contribution in [-0.2, 0) is 11.3 Å². The Kier molecular flexibility index (Phi) is 8.06. The smallest absolute Gasteiger partial charge is 0.244 e. The van der Waals surface area contributed by atoms with Crippen molar-refractivity contribution in [1.82, 2.24) is 25.0 Å². The Morgan fingerprint density at radius 1 is 1.30 bits per heavy atom. The van der Waals surface area contributed by atoms with E-state index in [9.17, 15) is 4.79 Å². The van der Waals surface area contributed by atoms with E-state index in [1.165, 1.54) is 6.08 Å². The van der Waals surface area contributed by atoms with Gasteiger partial charge in [0, 0.05) is 29.3 Å². The van der Waals surface area contributed by atoms with Crippen LogP contribution in [0.15, 0.2) is 53.0 Å². The maximum Gasteiger partial charge on any atom is 0.244 e. The number of ether oxygens (including phenoxy) is 1. The fourth-order valence-electron chi connectivity index (χ4n) is 2.61. The molecule has 1 aromatic carbocycles. The molecule has 0 fully saturated rings. The van der Waals surface area contributed by atoms with Gasteiger partial charge in [0.1, 0.15) is 5.75 Å². The summed E-state index contributed by atoms with van der Waals surface area (Å²) >= 11 is 3.21. The van der Waals surface area contributed by atoms with Crippen LogP contribution >= 0.6 is 23.1 Å². The number of carbonyl (C=O) groups excluding carboxylic acids is 1. The lowest BCUT2D eigenvalue weighted by atomic mass is 10.3. The van der Waals surface area contributed by atoms with Crippen molar-refractivity contribution in [2.45, 2.75) is 11.7 Å². The van der Waals surface area contributed by atoms with E-state index >= 15 is 0 Å². The zero-order valence-electron chi connectivity index (χ0n) is 17.2. The van der Waals surface area contributed by atoms with Crippen molar-refractivity contribution in [3.05, 3.63) is 58.6 Å². The molecule has 1 amide bonds. The number of thiophene rings is 1. The molecule has 0 atom stereocenters. The maximum atomic E-state index is 12.2. The van der Waals surface area contributed by atoms with Gasteiger partial charge >= 0.3 is 0 Å². The maximum absolute atomic E-state index is 12.2. The molecule has 9 heteroatoms. The molecule has 3 aromatic rings. The van der Waals surface area contributed by atoms with Crippen LogP contribution in [0.5, 0.6) is 5.75 Å². The number of thioether (sulfide) groups is 1. The summed E-state index contributed by atoms with van der Waals surface area (Å²) in [5, 5.41) is 14.3. The first-order valence-corrected chi connectivity index (χ1v) is 11.3. The van der Waals surface area contributed by atoms with E-state index in [1.807, 2.05) is 60.4 Å². The van der Waals surface area contributed by atoms with Crippen LogP contribution < -0.4 is 10.1 Å². The molecule has 0 bridgehead atoms. The first-order valence-electron chi connectivity index (χ1n) is 9.42. The SMILES string of the molecule is COc1cccc(-n2c(CNC(=O)C=Cc3cccs3)nnc2SCCN(C)C)c1. The third-order valence-corrected chi connectivity index (χ3v) is 5.89. The molecule has 1 N–H and O–H groups in total. The van der Waals surface area contributed by atoms with Gasteiger partial charge in [0.05, 0.1) is 19.3 Å². The third-order valence-electron chi connectivity index (χ3n) is 4.14. The predicted molar refractivity (Wildman–Crippen MR) is 122 cm³/mol. The average molecular weight is 444 g/mol. The molecular formula is C21H25N5O2S2. The summed E-state index contributed by atoms with van der Waals surface area (Å²) in [6.45, 7) is 1.20. The zero-order chi connectivity index (χ0) is 21.3. The van der Waals surface area contributed by atoms with Gasteiger partial charge in [-0.1, -0.05) is 23.9 Å². The highest BCUT2D eigenvalue weighted by Gasteiger charge is 2.15. The number of amides is 1. The summed E-state index contributed by atoms with van der Waals surface area (Å²) in [6, 6.07) is 11.6. The van der Waals surface area contributed by atoms with Crippen molar-refractivity contribution < 1.29 is 9.53 Å². The minimum atomic E-state index is -0.176. The van der Waals surface area contributed by atoms with E-state index in [0.717, 1.165) is 33.8 Å². The highest BCUT2D eigenvalue weighted by atomic mass is 32.2. The van der Waals surface area contributed by atoms with Crippen LogP contribution in [0, 0.1) is 0 Å². The van der Waals surface area contributed by atoms with Gasteiger partial charge in [0.25, 0.3) is 0 Å². The Labute approximate surface area is 184 Å². The van der Waals surface area contributed by atoms with E-state index in [0.29, 0.717) is 5.82 Å². The highest BCUT2D eigenvalue weighted by molar-refractivity contribution is 7.99. The van der Waals surface area contributed by atoms with E-state index in [1.54, 1.807) is 36.3 Å². The van der Waals surface area contributed by atoms with Gasteiger partial charge in [-0.25, -0.2) is 0 Å². The number of carbonyl (C=O) groups is 1. The summed E-state index contributed by atoms with van der Waals surface area (Å²) in [4.78, 5) is 15.4. The van der Waals surface area contributed by atoms with Crippen molar-refractivity contribution in [1.29, 1.82) is 0 Å². The molecule has 3 rings (SSSR count). The van der Waals surface area contributed by atoms with E-state index < -0.39 is 0 Å². The van der Waals surface area contributed by atoms with Gasteiger partial charge in [-0.05, 0) is 43.8 Å². The summed E-state index contributed by atoms with van der Waals surface area (Å²) in [5.74, 6) is 2.11. The zero-order valence-corrected chi connectivity index (χ0v) is 18.9. The average Bonchev–Trinajstić information content (AvgIpc) is 3.40. The fourth-order valence-corrected chi connectivity index (χ4v) is 4.30. The van der Waals surface area contributed by atoms with Crippen LogP contribution in [0.2, 0.25) is 0 Å². The Balaban J connectivity index is 1.77. The molecule has 0 saturated heterocycles. The molecule has 0 unspecified atom stereocenters. The monoisotopic (exact) mass is 443 g/mol. The fraction of sp³-hybridized carbons (Fsp3) is 0.286. The minimum absolute atomic E-state index is 0.176. The Hall–Kier alpha value is -2.62. The molecule has 0 aliphatic carbocycles. The molecule has 30 heavy (non-hydrogen) atoms. The van der Waals surface area contributed by atoms with Gasteiger partial charge in [-0.15, -0.1) is 21.5 Å². The number of aromatic nitrogens is 3. The summed E-state index contributed by atoms with van der Waals surface area (Å²) in [7, 11) is 5.72. The molecular weight excluding hydrogens is 418 g/mol. The van der Waals surface area contributed by atoms with Crippen LogP contribution in [0.4, 0.5) is 0 Å². The summed E-state index contributed by atoms with van der Waals surface area (Å²) in [6.07, 6.45) is 3.33. The number of hydrogen-bond acceptors (Lipinski definition) is 7. The number of rotatable bonds is 10. The topological polar surface area (TPSA) is 72.3 Å². The Morgan fingerprint density at radius 3 is 2.90 bits per heavy atom. The molecule has 2 aromatic heterocycles. The normalized spacial score (nSPS) is 11.3. The second kappa shape index (κ2) is 11.0. The van der Waals surface area contributed by atoms with E-state index in [-0.39, 0.29) is 12.5 Å². The number of hydrogen-bond donors (Lipinski definition) is 1. The van der Waals surface area contributed by atoms with Gasteiger partial charge < -0.3 is 15.0 Å². The molecule has 158 valence electrons. The summed E-state index contributed by atoms with van der Waals surface area (Å²) in [5.41, 5.74) is 0.894. The van der Waals surface area contributed by atoms with Crippen molar-refractivity contribution in [2.24, 2.45) is 0 Å². The number of nitrogens with zero attached hydrogens (tertiary/aromatic N) is 4. The van der Waals surface area contributed by atoms with Crippen LogP contribution in [0.1, 0.15) is 10.7 Å². The number of benzene rings is 1. The molecule has 0 saturated carbocycles. The Morgan fingerprint density at radius 2 is 2.17 bits per heavy atom. The van der Waals surface area contributed by atoms with Crippen molar-refractivity contribution >= 4 is 35.1 Å². The molecule has 7 nitrogen and oxygen atoms in total. The predicted octanol–water partition coefficient (Wildman–Crippen LogP) is 3.32. The van der Waals surface area contributed by atoms with Crippen molar-refractivity contribution in [2.75, 3.05) is 33.5 Å². The molecule has 2 heterocycles. The number of nitrogens with one attached hydrogen (secondary N) is 1. The van der Waals surface area contributed by atoms with Crippen LogP contribution in [-0.4, -0.2) is 59.1 Å². The molecule has 0 spiro atoms. The first-order chi connectivity index (χ1) is 14.6. The molecule has 0 radical (unpaired) electrons. The third kappa shape index (κ3) is 6.19. The minimum Gasteiger partial charge on any atom is -0.497 e. The lowest BCUT2D eigenvalue weighted by molar-refractivity contribution is -0.116. The first kappa shape index (κ1) is 22.1. The number of methoxy groups -OCH3 is 1. The summed E-state index contributed by atoms with van der Waals surface area (Å²) < 4.78 is 7.33. The lowest BCUT2D eigenvalue weighted by Gasteiger charge is -2.13. The second-order valence-corrected chi connectivity index (χ2v) is 8.70. The van der Waals surface area contributed by atoms with Gasteiger partial charge in [0.2, 0.25) is 5.91 Å². The second-order valence-electron chi connectivity index (χ2n) is 6.65. The van der Waals surface area contributed by atoms with Crippen molar-refractivity contribution in [3.8, 4) is 11.4 Å². The van der Waals surface area contributed by atoms with E-state index in [4.69, 9.17) is 4.74 Å². The molecule has 0 aliphatic heterocycles. The molecule has 0 aliphatic rings. The van der Waals surface area contributed by atoms with Gasteiger partial charge in [0.15, 0.2) is 11.0 Å². The van der Waals surface area contributed by atoms with E-state index in [2.05, 4.69) is 20.4 Å². The quantitative estimate of drug-likeness (QED) is 0.383.